The number of amides is 1. The number of nitrogens with zero attached hydrogens (tertiary/aromatic N) is 1. The second-order valence-electron chi connectivity index (χ2n) is 8.40. The van der Waals surface area contributed by atoms with Gasteiger partial charge >= 0.3 is 6.18 Å². The molecule has 3 nitrogen and oxygen atoms in total. The van der Waals surface area contributed by atoms with Gasteiger partial charge < -0.3 is 5.32 Å². The van der Waals surface area contributed by atoms with Crippen LogP contribution in [0.15, 0.2) is 60.7 Å². The van der Waals surface area contributed by atoms with Crippen molar-refractivity contribution in [3.05, 3.63) is 92.7 Å². The molecule has 0 bridgehead atoms. The molecule has 3 aromatic rings. The quantitative estimate of drug-likeness (QED) is 0.471. The minimum Gasteiger partial charge on any atom is -0.358 e. The lowest BCUT2D eigenvalue weighted by atomic mass is 9.90. The molecule has 4 rings (SSSR count). The number of aryl methyl sites for hydroxylation is 2. The number of alkyl halides is 3. The minimum absolute atomic E-state index is 0.00324. The number of hydrogen-bond acceptors (Lipinski definition) is 3. The van der Waals surface area contributed by atoms with Crippen molar-refractivity contribution in [3.8, 4) is 0 Å². The van der Waals surface area contributed by atoms with E-state index in [2.05, 4.69) is 23.2 Å². The molecule has 0 fully saturated rings. The topological polar surface area (TPSA) is 32.3 Å². The van der Waals surface area contributed by atoms with Gasteiger partial charge in [-0.25, -0.2) is 0 Å². The monoisotopic (exact) mass is 472 g/mol. The molecule has 7 heteroatoms. The second kappa shape index (κ2) is 9.69. The summed E-state index contributed by atoms with van der Waals surface area (Å²) in [6.45, 7) is 2.84. The van der Waals surface area contributed by atoms with Crippen LogP contribution in [0.4, 0.5) is 13.2 Å². The van der Waals surface area contributed by atoms with Gasteiger partial charge in [-0.15, -0.1) is 11.3 Å². The van der Waals surface area contributed by atoms with E-state index in [4.69, 9.17) is 0 Å². The number of rotatable bonds is 6. The van der Waals surface area contributed by atoms with E-state index in [1.807, 2.05) is 30.3 Å². The molecule has 0 saturated heterocycles. The molecule has 0 saturated carbocycles. The Kier molecular flexibility index (Phi) is 6.91. The van der Waals surface area contributed by atoms with Gasteiger partial charge in [0, 0.05) is 29.4 Å². The van der Waals surface area contributed by atoms with E-state index in [-0.39, 0.29) is 11.9 Å². The SMILES string of the molecule is CNC(=O)C(c1ccccc1)N1CCc2sc(C)cc2C1CCc1ccc(C(F)(F)F)cc1. The van der Waals surface area contributed by atoms with E-state index in [9.17, 15) is 18.0 Å². The fourth-order valence-electron chi connectivity index (χ4n) is 4.68. The Morgan fingerprint density at radius 1 is 1.15 bits per heavy atom. The molecule has 1 aromatic heterocycles. The zero-order valence-corrected chi connectivity index (χ0v) is 19.5. The van der Waals surface area contributed by atoms with Gasteiger partial charge in [0.15, 0.2) is 0 Å². The van der Waals surface area contributed by atoms with Crippen molar-refractivity contribution in [1.29, 1.82) is 0 Å². The van der Waals surface area contributed by atoms with Gasteiger partial charge in [0.05, 0.1) is 5.56 Å². The Morgan fingerprint density at radius 3 is 2.48 bits per heavy atom. The molecule has 2 heterocycles. The molecule has 2 aromatic carbocycles. The van der Waals surface area contributed by atoms with Crippen LogP contribution >= 0.6 is 11.3 Å². The Bertz CT molecular complexity index is 1090. The highest BCUT2D eigenvalue weighted by Crippen LogP contribution is 2.42. The number of benzene rings is 2. The first-order chi connectivity index (χ1) is 15.8. The maximum atomic E-state index is 13.0. The number of hydrogen-bond donors (Lipinski definition) is 1. The lowest BCUT2D eigenvalue weighted by molar-refractivity contribution is -0.137. The molecule has 0 aliphatic carbocycles. The Labute approximate surface area is 196 Å². The summed E-state index contributed by atoms with van der Waals surface area (Å²) in [7, 11) is 1.65. The van der Waals surface area contributed by atoms with E-state index < -0.39 is 17.8 Å². The smallest absolute Gasteiger partial charge is 0.358 e. The summed E-state index contributed by atoms with van der Waals surface area (Å²) in [5.41, 5.74) is 2.40. The van der Waals surface area contributed by atoms with E-state index in [0.717, 1.165) is 42.6 Å². The van der Waals surface area contributed by atoms with Gasteiger partial charge in [-0.3, -0.25) is 9.69 Å². The third-order valence-corrected chi connectivity index (χ3v) is 7.38. The van der Waals surface area contributed by atoms with Gasteiger partial charge in [0.25, 0.3) is 0 Å². The van der Waals surface area contributed by atoms with Crippen molar-refractivity contribution in [2.24, 2.45) is 0 Å². The van der Waals surface area contributed by atoms with E-state index in [1.54, 1.807) is 30.5 Å². The highest BCUT2D eigenvalue weighted by Gasteiger charge is 2.37. The van der Waals surface area contributed by atoms with Crippen molar-refractivity contribution in [1.82, 2.24) is 10.2 Å². The number of thiophene rings is 1. The lowest BCUT2D eigenvalue weighted by Crippen LogP contribution is -2.44. The largest absolute Gasteiger partial charge is 0.416 e. The number of fused-ring (bicyclic) bond motifs is 1. The van der Waals surface area contributed by atoms with Crippen LogP contribution in [0.5, 0.6) is 0 Å². The van der Waals surface area contributed by atoms with Gasteiger partial charge in [-0.2, -0.15) is 13.2 Å². The maximum absolute atomic E-state index is 13.0. The Morgan fingerprint density at radius 2 is 1.85 bits per heavy atom. The molecule has 1 N–H and O–H groups in total. The summed E-state index contributed by atoms with van der Waals surface area (Å²) < 4.78 is 38.8. The average molecular weight is 473 g/mol. The maximum Gasteiger partial charge on any atom is 0.416 e. The molecule has 33 heavy (non-hydrogen) atoms. The first kappa shape index (κ1) is 23.5. The number of halogens is 3. The summed E-state index contributed by atoms with van der Waals surface area (Å²) in [4.78, 5) is 17.9. The molecule has 1 amide bonds. The van der Waals surface area contributed by atoms with Crippen LogP contribution in [0.1, 0.15) is 50.5 Å². The standard InChI is InChI=1S/C26H27F3N2OS/c1-17-16-21-22(13-10-18-8-11-20(12-9-18)26(27,28)29)31(15-14-23(21)33-17)24(25(32)30-2)19-6-4-3-5-7-19/h3-9,11-12,16,22,24H,10,13-15H2,1-2H3,(H,30,32). The normalized spacial score (nSPS) is 17.4. The van der Waals surface area contributed by atoms with Crippen LogP contribution in [0.2, 0.25) is 0 Å². The first-order valence-electron chi connectivity index (χ1n) is 11.1. The highest BCUT2D eigenvalue weighted by atomic mass is 32.1. The number of likely N-dealkylation sites (N-methyl/N-ethyl adjacent to an activating group) is 1. The molecule has 0 spiro atoms. The van der Waals surface area contributed by atoms with Gasteiger partial charge in [0.1, 0.15) is 6.04 Å². The van der Waals surface area contributed by atoms with Crippen molar-refractivity contribution >= 4 is 17.2 Å². The van der Waals surface area contributed by atoms with Crippen molar-refractivity contribution in [2.45, 2.75) is 44.4 Å². The molecule has 2 unspecified atom stereocenters. The third kappa shape index (κ3) is 5.14. The second-order valence-corrected chi connectivity index (χ2v) is 9.74. The van der Waals surface area contributed by atoms with Crippen molar-refractivity contribution < 1.29 is 18.0 Å². The molecular formula is C26H27F3N2OS. The van der Waals surface area contributed by atoms with Crippen LogP contribution in [-0.2, 0) is 23.8 Å². The number of carbonyl (C=O) groups is 1. The number of carbonyl (C=O) groups excluding carboxylic acids is 1. The zero-order valence-electron chi connectivity index (χ0n) is 18.7. The highest BCUT2D eigenvalue weighted by molar-refractivity contribution is 7.12. The predicted octanol–water partition coefficient (Wildman–Crippen LogP) is 6.09. The van der Waals surface area contributed by atoms with Gasteiger partial charge in [-0.1, -0.05) is 42.5 Å². The molecule has 1 aliphatic rings. The van der Waals surface area contributed by atoms with Crippen LogP contribution in [0, 0.1) is 6.92 Å². The molecule has 2 atom stereocenters. The molecular weight excluding hydrogens is 445 g/mol. The van der Waals surface area contributed by atoms with Crippen LogP contribution < -0.4 is 5.32 Å². The molecule has 0 radical (unpaired) electrons. The summed E-state index contributed by atoms with van der Waals surface area (Å²) in [5, 5.41) is 2.82. The summed E-state index contributed by atoms with van der Waals surface area (Å²) in [5.74, 6) is -0.0591. The first-order valence-corrected chi connectivity index (χ1v) is 11.9. The fourth-order valence-corrected chi connectivity index (χ4v) is 5.77. The van der Waals surface area contributed by atoms with Crippen LogP contribution in [-0.4, -0.2) is 24.4 Å². The summed E-state index contributed by atoms with van der Waals surface area (Å²) in [6, 6.07) is 16.9. The number of nitrogens with one attached hydrogen (secondary N) is 1. The molecule has 174 valence electrons. The van der Waals surface area contributed by atoms with Gasteiger partial charge in [0.2, 0.25) is 5.91 Å². The van der Waals surface area contributed by atoms with E-state index in [1.165, 1.54) is 15.3 Å². The zero-order chi connectivity index (χ0) is 23.6. The Balaban J connectivity index is 1.64. The molecule has 1 aliphatic heterocycles. The lowest BCUT2D eigenvalue weighted by Gasteiger charge is -2.40. The third-order valence-electron chi connectivity index (χ3n) is 6.25. The van der Waals surface area contributed by atoms with Crippen molar-refractivity contribution in [2.75, 3.05) is 13.6 Å². The Hall–Kier alpha value is -2.64. The van der Waals surface area contributed by atoms with E-state index >= 15 is 0 Å². The summed E-state index contributed by atoms with van der Waals surface area (Å²) in [6.07, 6.45) is -2.11. The van der Waals surface area contributed by atoms with Crippen LogP contribution in [0.3, 0.4) is 0 Å². The summed E-state index contributed by atoms with van der Waals surface area (Å²) >= 11 is 1.79. The van der Waals surface area contributed by atoms with Gasteiger partial charge in [-0.05, 0) is 61.1 Å². The average Bonchev–Trinajstić information content (AvgIpc) is 3.19. The minimum atomic E-state index is -4.34. The predicted molar refractivity (Wildman–Crippen MR) is 125 cm³/mol. The fraction of sp³-hybridized carbons (Fsp3) is 0.346. The van der Waals surface area contributed by atoms with Crippen molar-refractivity contribution in [3.63, 3.8) is 0 Å². The van der Waals surface area contributed by atoms with E-state index in [0.29, 0.717) is 6.42 Å². The van der Waals surface area contributed by atoms with Crippen LogP contribution in [0.25, 0.3) is 0 Å².